The van der Waals surface area contributed by atoms with Crippen LogP contribution in [-0.4, -0.2) is 36.3 Å². The highest BCUT2D eigenvalue weighted by Crippen LogP contribution is 2.18. The summed E-state index contributed by atoms with van der Waals surface area (Å²) in [6.45, 7) is 6.49. The average molecular weight is 444 g/mol. The lowest BCUT2D eigenvalue weighted by molar-refractivity contribution is -0.121. The monoisotopic (exact) mass is 443 g/mol. The molecule has 4 rings (SSSR count). The molecule has 172 valence electrons. The Kier molecular flexibility index (Phi) is 7.74. The lowest BCUT2D eigenvalue weighted by atomic mass is 9.99. The third-order valence-electron chi connectivity index (χ3n) is 6.44. The molecule has 1 saturated heterocycles. The zero-order chi connectivity index (χ0) is 23.0. The van der Waals surface area contributed by atoms with Gasteiger partial charge in [0.2, 0.25) is 5.91 Å². The number of likely N-dealkylation sites (tertiary alicyclic amines) is 1. The maximum atomic E-state index is 12.4. The van der Waals surface area contributed by atoms with Crippen LogP contribution in [0.4, 0.5) is 0 Å². The van der Waals surface area contributed by atoms with E-state index in [9.17, 15) is 9.59 Å². The first kappa shape index (κ1) is 23.0. The van der Waals surface area contributed by atoms with Gasteiger partial charge in [0.25, 0.3) is 5.91 Å². The molecular formula is C28H33N3O2. The number of hydrogen-bond acceptors (Lipinski definition) is 3. The molecule has 0 radical (unpaired) electrons. The van der Waals surface area contributed by atoms with Gasteiger partial charge in [0.15, 0.2) is 0 Å². The molecule has 5 heteroatoms. The molecule has 1 aliphatic rings. The third-order valence-corrected chi connectivity index (χ3v) is 6.44. The second-order valence-electron chi connectivity index (χ2n) is 9.12. The van der Waals surface area contributed by atoms with Crippen LogP contribution < -0.4 is 10.6 Å². The standard InChI is InChI=1S/C28H33N3O2/c1-21-13-16-31(17-14-21)20-23-8-6-22(7-9-23)19-30-27(32)12-15-29-28(33)26-11-10-24-4-2-3-5-25(24)18-26/h2-11,18,21H,12-17,19-20H2,1H3,(H,29,33)(H,30,32). The molecule has 0 atom stereocenters. The van der Waals surface area contributed by atoms with Gasteiger partial charge < -0.3 is 10.6 Å². The fourth-order valence-corrected chi connectivity index (χ4v) is 4.25. The van der Waals surface area contributed by atoms with Crippen LogP contribution in [0.15, 0.2) is 66.7 Å². The minimum Gasteiger partial charge on any atom is -0.352 e. The molecule has 0 unspecified atom stereocenters. The van der Waals surface area contributed by atoms with Crippen molar-refractivity contribution in [2.24, 2.45) is 5.92 Å². The molecule has 1 aliphatic heterocycles. The molecule has 1 heterocycles. The number of fused-ring (bicyclic) bond motifs is 1. The van der Waals surface area contributed by atoms with Crippen LogP contribution in [0.25, 0.3) is 10.8 Å². The number of nitrogens with one attached hydrogen (secondary N) is 2. The van der Waals surface area contributed by atoms with Crippen LogP contribution in [-0.2, 0) is 17.9 Å². The molecule has 33 heavy (non-hydrogen) atoms. The first-order valence-corrected chi connectivity index (χ1v) is 11.9. The number of rotatable bonds is 8. The van der Waals surface area contributed by atoms with Gasteiger partial charge in [-0.05, 0) is 65.9 Å². The summed E-state index contributed by atoms with van der Waals surface area (Å²) < 4.78 is 0. The van der Waals surface area contributed by atoms with Crippen molar-refractivity contribution in [3.63, 3.8) is 0 Å². The molecule has 5 nitrogen and oxygen atoms in total. The van der Waals surface area contributed by atoms with E-state index in [2.05, 4.69) is 46.7 Å². The van der Waals surface area contributed by atoms with Crippen molar-refractivity contribution in [2.75, 3.05) is 19.6 Å². The van der Waals surface area contributed by atoms with Crippen molar-refractivity contribution < 1.29 is 9.59 Å². The lowest BCUT2D eigenvalue weighted by Crippen LogP contribution is -2.32. The normalized spacial score (nSPS) is 14.8. The summed E-state index contributed by atoms with van der Waals surface area (Å²) in [5.41, 5.74) is 3.00. The second-order valence-corrected chi connectivity index (χ2v) is 9.12. The van der Waals surface area contributed by atoms with E-state index in [1.54, 1.807) is 0 Å². The number of nitrogens with zero attached hydrogens (tertiary/aromatic N) is 1. The predicted molar refractivity (Wildman–Crippen MR) is 133 cm³/mol. The Morgan fingerprint density at radius 2 is 1.58 bits per heavy atom. The second kappa shape index (κ2) is 11.1. The third kappa shape index (κ3) is 6.65. The maximum Gasteiger partial charge on any atom is 0.251 e. The molecule has 0 aliphatic carbocycles. The van der Waals surface area contributed by atoms with Crippen molar-refractivity contribution >= 4 is 22.6 Å². The zero-order valence-corrected chi connectivity index (χ0v) is 19.3. The van der Waals surface area contributed by atoms with E-state index in [-0.39, 0.29) is 18.2 Å². The number of amides is 2. The van der Waals surface area contributed by atoms with Crippen molar-refractivity contribution in [1.82, 2.24) is 15.5 Å². The molecule has 0 aromatic heterocycles. The lowest BCUT2D eigenvalue weighted by Gasteiger charge is -2.30. The Hall–Kier alpha value is -3.18. The first-order chi connectivity index (χ1) is 16.1. The summed E-state index contributed by atoms with van der Waals surface area (Å²) >= 11 is 0. The Morgan fingerprint density at radius 3 is 2.33 bits per heavy atom. The number of piperidine rings is 1. The molecule has 0 bridgehead atoms. The molecule has 1 fully saturated rings. The Labute approximate surface area is 196 Å². The van der Waals surface area contributed by atoms with Gasteiger partial charge in [0.1, 0.15) is 0 Å². The molecule has 3 aromatic carbocycles. The number of hydrogen-bond donors (Lipinski definition) is 2. The summed E-state index contributed by atoms with van der Waals surface area (Å²) in [4.78, 5) is 27.1. The topological polar surface area (TPSA) is 61.4 Å². The van der Waals surface area contributed by atoms with E-state index in [1.807, 2.05) is 42.5 Å². The van der Waals surface area contributed by atoms with Crippen LogP contribution in [0, 0.1) is 5.92 Å². The predicted octanol–water partition coefficient (Wildman–Crippen LogP) is 4.51. The fraction of sp³-hybridized carbons (Fsp3) is 0.357. The van der Waals surface area contributed by atoms with Gasteiger partial charge in [0.05, 0.1) is 0 Å². The van der Waals surface area contributed by atoms with Crippen molar-refractivity contribution in [1.29, 1.82) is 0 Å². The van der Waals surface area contributed by atoms with E-state index in [0.29, 0.717) is 18.7 Å². The molecule has 3 aromatic rings. The van der Waals surface area contributed by atoms with Gasteiger partial charge in [-0.3, -0.25) is 14.5 Å². The number of carbonyl (C=O) groups excluding carboxylic acids is 2. The van der Waals surface area contributed by atoms with Crippen LogP contribution in [0.2, 0.25) is 0 Å². The largest absolute Gasteiger partial charge is 0.352 e. The van der Waals surface area contributed by atoms with Gasteiger partial charge in [-0.1, -0.05) is 61.5 Å². The Balaban J connectivity index is 1.16. The van der Waals surface area contributed by atoms with E-state index in [0.717, 1.165) is 28.8 Å². The summed E-state index contributed by atoms with van der Waals surface area (Å²) in [5.74, 6) is 0.617. The van der Waals surface area contributed by atoms with Crippen molar-refractivity contribution in [2.45, 2.75) is 39.3 Å². The van der Waals surface area contributed by atoms with Gasteiger partial charge >= 0.3 is 0 Å². The highest BCUT2D eigenvalue weighted by molar-refractivity contribution is 5.98. The quantitative estimate of drug-likeness (QED) is 0.539. The SMILES string of the molecule is CC1CCN(Cc2ccc(CNC(=O)CCNC(=O)c3ccc4ccccc4c3)cc2)CC1. The van der Waals surface area contributed by atoms with E-state index in [1.165, 1.54) is 31.5 Å². The van der Waals surface area contributed by atoms with Crippen LogP contribution in [0.3, 0.4) is 0 Å². The van der Waals surface area contributed by atoms with E-state index >= 15 is 0 Å². The minimum atomic E-state index is -0.160. The van der Waals surface area contributed by atoms with Crippen molar-refractivity contribution in [3.8, 4) is 0 Å². The maximum absolute atomic E-state index is 12.4. The minimum absolute atomic E-state index is 0.0691. The Morgan fingerprint density at radius 1 is 0.879 bits per heavy atom. The van der Waals surface area contributed by atoms with Gasteiger partial charge in [0, 0.05) is 31.6 Å². The highest BCUT2D eigenvalue weighted by Gasteiger charge is 2.15. The van der Waals surface area contributed by atoms with Crippen LogP contribution in [0.5, 0.6) is 0 Å². The molecular weight excluding hydrogens is 410 g/mol. The van der Waals surface area contributed by atoms with Gasteiger partial charge in [-0.25, -0.2) is 0 Å². The van der Waals surface area contributed by atoms with Crippen molar-refractivity contribution in [3.05, 3.63) is 83.4 Å². The first-order valence-electron chi connectivity index (χ1n) is 11.9. The summed E-state index contributed by atoms with van der Waals surface area (Å²) in [7, 11) is 0. The van der Waals surface area contributed by atoms with Crippen LogP contribution in [0.1, 0.15) is 47.7 Å². The van der Waals surface area contributed by atoms with Gasteiger partial charge in [-0.2, -0.15) is 0 Å². The van der Waals surface area contributed by atoms with E-state index in [4.69, 9.17) is 0 Å². The zero-order valence-electron chi connectivity index (χ0n) is 19.3. The summed E-state index contributed by atoms with van der Waals surface area (Å²) in [6, 6.07) is 22.1. The molecule has 2 amide bonds. The molecule has 2 N–H and O–H groups in total. The fourth-order valence-electron chi connectivity index (χ4n) is 4.25. The number of carbonyl (C=O) groups is 2. The smallest absolute Gasteiger partial charge is 0.251 e. The molecule has 0 spiro atoms. The van der Waals surface area contributed by atoms with Crippen LogP contribution >= 0.6 is 0 Å². The van der Waals surface area contributed by atoms with E-state index < -0.39 is 0 Å². The average Bonchev–Trinajstić information content (AvgIpc) is 2.84. The summed E-state index contributed by atoms with van der Waals surface area (Å²) in [6.07, 6.45) is 2.82. The molecule has 0 saturated carbocycles. The Bertz CT molecular complexity index is 1090. The highest BCUT2D eigenvalue weighted by atomic mass is 16.2. The number of benzene rings is 3. The van der Waals surface area contributed by atoms with Gasteiger partial charge in [-0.15, -0.1) is 0 Å². The summed E-state index contributed by atoms with van der Waals surface area (Å²) in [5, 5.41) is 7.91.